The number of nitrogens with zero attached hydrogens (tertiary/aromatic N) is 2. The van der Waals surface area contributed by atoms with Gasteiger partial charge < -0.3 is 9.52 Å². The summed E-state index contributed by atoms with van der Waals surface area (Å²) in [6, 6.07) is 0. The first kappa shape index (κ1) is 12.8. The van der Waals surface area contributed by atoms with Crippen molar-refractivity contribution in [1.29, 1.82) is 0 Å². The number of hydrogen-bond acceptors (Lipinski definition) is 4. The molecule has 0 aromatic carbocycles. The van der Waals surface area contributed by atoms with Crippen LogP contribution in [0.25, 0.3) is 0 Å². The zero-order valence-corrected chi connectivity index (χ0v) is 10.3. The molecule has 0 spiro atoms. The second kappa shape index (κ2) is 6.33. The largest absolute Gasteiger partial charge is 0.478 e. The van der Waals surface area contributed by atoms with Crippen LogP contribution >= 0.6 is 0 Å². The SMILES string of the molecule is O=C(O)/C=C/C[C@@H](CCCc1nnco1)C1CC1. The summed E-state index contributed by atoms with van der Waals surface area (Å²) in [6.07, 6.45) is 10.7. The Labute approximate surface area is 106 Å². The Morgan fingerprint density at radius 3 is 3.06 bits per heavy atom. The molecule has 1 fully saturated rings. The minimum absolute atomic E-state index is 0.600. The van der Waals surface area contributed by atoms with E-state index in [1.165, 1.54) is 25.3 Å². The van der Waals surface area contributed by atoms with Crippen LogP contribution in [-0.4, -0.2) is 21.3 Å². The third kappa shape index (κ3) is 4.31. The van der Waals surface area contributed by atoms with Gasteiger partial charge in [-0.25, -0.2) is 4.79 Å². The van der Waals surface area contributed by atoms with E-state index in [1.807, 2.05) is 0 Å². The van der Waals surface area contributed by atoms with Crippen molar-refractivity contribution in [3.8, 4) is 0 Å². The summed E-state index contributed by atoms with van der Waals surface area (Å²) < 4.78 is 5.09. The molecule has 1 aliphatic rings. The number of hydrogen-bond donors (Lipinski definition) is 1. The standard InChI is InChI=1S/C13H18N2O3/c16-13(17)6-2-4-10(11-7-8-11)3-1-5-12-15-14-9-18-12/h2,6,9-11H,1,3-5,7-8H2,(H,16,17)/b6-2+/t10-/m1/s1. The second-order valence-corrected chi connectivity index (χ2v) is 4.80. The maximum Gasteiger partial charge on any atom is 0.327 e. The van der Waals surface area contributed by atoms with Crippen molar-refractivity contribution in [3.05, 3.63) is 24.4 Å². The first-order chi connectivity index (χ1) is 8.75. The van der Waals surface area contributed by atoms with Gasteiger partial charge in [-0.1, -0.05) is 6.08 Å². The summed E-state index contributed by atoms with van der Waals surface area (Å²) in [4.78, 5) is 10.4. The molecule has 1 atom stereocenters. The van der Waals surface area contributed by atoms with Crippen LogP contribution in [0.2, 0.25) is 0 Å². The molecule has 0 unspecified atom stereocenters. The van der Waals surface area contributed by atoms with Gasteiger partial charge in [-0.3, -0.25) is 0 Å². The molecule has 0 bridgehead atoms. The van der Waals surface area contributed by atoms with E-state index in [0.717, 1.165) is 31.6 Å². The zero-order chi connectivity index (χ0) is 12.8. The molecule has 5 nitrogen and oxygen atoms in total. The average Bonchev–Trinajstić information content (AvgIpc) is 3.05. The van der Waals surface area contributed by atoms with Crippen molar-refractivity contribution < 1.29 is 14.3 Å². The molecule has 1 N–H and O–H groups in total. The van der Waals surface area contributed by atoms with Crippen LogP contribution in [0.1, 0.15) is 38.0 Å². The summed E-state index contributed by atoms with van der Waals surface area (Å²) >= 11 is 0. The normalized spacial score (nSPS) is 17.1. The lowest BCUT2D eigenvalue weighted by Gasteiger charge is -2.12. The number of aliphatic carboxylic acids is 1. The van der Waals surface area contributed by atoms with Gasteiger partial charge in [-0.2, -0.15) is 0 Å². The molecule has 18 heavy (non-hydrogen) atoms. The Kier molecular flexibility index (Phi) is 4.50. The van der Waals surface area contributed by atoms with Gasteiger partial charge >= 0.3 is 5.97 Å². The van der Waals surface area contributed by atoms with Gasteiger partial charge in [0.05, 0.1) is 0 Å². The fourth-order valence-electron chi connectivity index (χ4n) is 2.28. The lowest BCUT2D eigenvalue weighted by Crippen LogP contribution is -2.03. The Morgan fingerprint density at radius 1 is 1.61 bits per heavy atom. The third-order valence-corrected chi connectivity index (χ3v) is 3.36. The van der Waals surface area contributed by atoms with Gasteiger partial charge in [0, 0.05) is 12.5 Å². The molecular formula is C13H18N2O3. The van der Waals surface area contributed by atoms with Gasteiger partial charge in [-0.05, 0) is 43.9 Å². The molecule has 0 aliphatic heterocycles. The predicted molar refractivity (Wildman–Crippen MR) is 64.8 cm³/mol. The van der Waals surface area contributed by atoms with Crippen LogP contribution in [0.15, 0.2) is 23.0 Å². The summed E-state index contributed by atoms with van der Waals surface area (Å²) in [5.41, 5.74) is 0. The number of carbonyl (C=O) groups is 1. The third-order valence-electron chi connectivity index (χ3n) is 3.36. The lowest BCUT2D eigenvalue weighted by atomic mass is 9.93. The van der Waals surface area contributed by atoms with Gasteiger partial charge in [0.15, 0.2) is 0 Å². The average molecular weight is 250 g/mol. The number of aromatic nitrogens is 2. The van der Waals surface area contributed by atoms with Gasteiger partial charge in [0.1, 0.15) is 0 Å². The van der Waals surface area contributed by atoms with Crippen molar-refractivity contribution in [3.63, 3.8) is 0 Å². The smallest absolute Gasteiger partial charge is 0.327 e. The Hall–Kier alpha value is -1.65. The molecule has 0 radical (unpaired) electrons. The van der Waals surface area contributed by atoms with E-state index in [9.17, 15) is 4.79 Å². The van der Waals surface area contributed by atoms with Crippen molar-refractivity contribution in [2.75, 3.05) is 0 Å². The fourth-order valence-corrected chi connectivity index (χ4v) is 2.28. The van der Waals surface area contributed by atoms with Crippen LogP contribution < -0.4 is 0 Å². The number of aryl methyl sites for hydroxylation is 1. The van der Waals surface area contributed by atoms with Crippen molar-refractivity contribution in [2.45, 2.75) is 38.5 Å². The minimum atomic E-state index is -0.865. The van der Waals surface area contributed by atoms with Gasteiger partial charge in [0.2, 0.25) is 12.3 Å². The van der Waals surface area contributed by atoms with E-state index in [4.69, 9.17) is 9.52 Å². The summed E-state index contributed by atoms with van der Waals surface area (Å²) in [5, 5.41) is 16.1. The molecule has 0 amide bonds. The lowest BCUT2D eigenvalue weighted by molar-refractivity contribution is -0.131. The highest BCUT2D eigenvalue weighted by molar-refractivity contribution is 5.79. The van der Waals surface area contributed by atoms with Gasteiger partial charge in [0.25, 0.3) is 0 Å². The highest BCUT2D eigenvalue weighted by Gasteiger charge is 2.29. The monoisotopic (exact) mass is 250 g/mol. The summed E-state index contributed by atoms with van der Waals surface area (Å²) in [5.74, 6) is 1.20. The molecule has 98 valence electrons. The minimum Gasteiger partial charge on any atom is -0.478 e. The number of carboxylic acids is 1. The van der Waals surface area contributed by atoms with Crippen molar-refractivity contribution in [1.82, 2.24) is 10.2 Å². The highest BCUT2D eigenvalue weighted by atomic mass is 16.4. The number of carboxylic acid groups (broad SMARTS) is 1. The Balaban J connectivity index is 1.71. The van der Waals surface area contributed by atoms with E-state index in [2.05, 4.69) is 10.2 Å². The van der Waals surface area contributed by atoms with Gasteiger partial charge in [-0.15, -0.1) is 10.2 Å². The molecule has 1 heterocycles. The molecule has 1 aromatic heterocycles. The molecular weight excluding hydrogens is 232 g/mol. The van der Waals surface area contributed by atoms with E-state index < -0.39 is 5.97 Å². The van der Waals surface area contributed by atoms with Crippen LogP contribution in [0.3, 0.4) is 0 Å². The van der Waals surface area contributed by atoms with Crippen LogP contribution in [0.5, 0.6) is 0 Å². The first-order valence-corrected chi connectivity index (χ1v) is 6.40. The second-order valence-electron chi connectivity index (χ2n) is 4.80. The molecule has 1 saturated carbocycles. The summed E-state index contributed by atoms with van der Waals surface area (Å²) in [7, 11) is 0. The van der Waals surface area contributed by atoms with Crippen molar-refractivity contribution >= 4 is 5.97 Å². The topological polar surface area (TPSA) is 76.2 Å². The Bertz CT molecular complexity index is 396. The quantitative estimate of drug-likeness (QED) is 0.717. The molecule has 5 heteroatoms. The zero-order valence-electron chi connectivity index (χ0n) is 10.3. The molecule has 1 aliphatic carbocycles. The Morgan fingerprint density at radius 2 is 2.44 bits per heavy atom. The fraction of sp³-hybridized carbons (Fsp3) is 0.615. The molecule has 1 aromatic rings. The van der Waals surface area contributed by atoms with Crippen LogP contribution in [-0.2, 0) is 11.2 Å². The maximum atomic E-state index is 10.4. The van der Waals surface area contributed by atoms with Crippen LogP contribution in [0.4, 0.5) is 0 Å². The number of allylic oxidation sites excluding steroid dienone is 1. The first-order valence-electron chi connectivity index (χ1n) is 6.40. The van der Waals surface area contributed by atoms with E-state index in [1.54, 1.807) is 6.08 Å². The predicted octanol–water partition coefficient (Wildman–Crippen LogP) is 2.45. The molecule has 2 rings (SSSR count). The number of rotatable bonds is 8. The van der Waals surface area contributed by atoms with E-state index >= 15 is 0 Å². The molecule has 0 saturated heterocycles. The van der Waals surface area contributed by atoms with E-state index in [-0.39, 0.29) is 0 Å². The van der Waals surface area contributed by atoms with Crippen molar-refractivity contribution in [2.24, 2.45) is 11.8 Å². The maximum absolute atomic E-state index is 10.4. The highest BCUT2D eigenvalue weighted by Crippen LogP contribution is 2.41. The van der Waals surface area contributed by atoms with Crippen LogP contribution in [0, 0.1) is 11.8 Å². The van der Waals surface area contributed by atoms with E-state index in [0.29, 0.717) is 11.8 Å². The summed E-state index contributed by atoms with van der Waals surface area (Å²) in [6.45, 7) is 0.